The molecule has 0 unspecified atom stereocenters. The molecule has 2 aromatic rings. The monoisotopic (exact) mass is 418 g/mol. The molecule has 1 aromatic carbocycles. The van der Waals surface area contributed by atoms with Crippen LogP contribution in [-0.2, 0) is 11.3 Å². The first-order valence-corrected chi connectivity index (χ1v) is 10.1. The van der Waals surface area contributed by atoms with Gasteiger partial charge >= 0.3 is 0 Å². The van der Waals surface area contributed by atoms with Gasteiger partial charge in [0.2, 0.25) is 5.91 Å². The third-order valence-electron chi connectivity index (χ3n) is 4.83. The van der Waals surface area contributed by atoms with Crippen molar-refractivity contribution in [3.05, 3.63) is 58.5 Å². The van der Waals surface area contributed by atoms with Crippen molar-refractivity contribution in [2.24, 2.45) is 0 Å². The first kappa shape index (κ1) is 21.0. The number of halogens is 2. The second-order valence-electron chi connectivity index (χ2n) is 6.98. The zero-order valence-corrected chi connectivity index (χ0v) is 16.8. The largest absolute Gasteiger partial charge is 0.357 e. The van der Waals surface area contributed by atoms with Gasteiger partial charge in [-0.3, -0.25) is 9.59 Å². The number of amides is 2. The standard InChI is InChI=1S/C21H24ClFN4O2/c22-16-6-5-7-17(23)20(16)21(29)26-14-19(28)25-13-15-8-9-24-18(12-15)27-10-3-1-2-4-11-27/h5-9,12H,1-4,10-11,13-14H2,(H,25,28)(H,26,29). The molecular weight excluding hydrogens is 395 g/mol. The molecule has 0 aliphatic carbocycles. The predicted octanol–water partition coefficient (Wildman–Crippen LogP) is 3.30. The summed E-state index contributed by atoms with van der Waals surface area (Å²) in [5.74, 6) is -0.913. The second-order valence-corrected chi connectivity index (χ2v) is 7.39. The van der Waals surface area contributed by atoms with Crippen molar-refractivity contribution in [3.63, 3.8) is 0 Å². The van der Waals surface area contributed by atoms with Gasteiger partial charge in [0, 0.05) is 25.8 Å². The molecule has 6 nitrogen and oxygen atoms in total. The third-order valence-corrected chi connectivity index (χ3v) is 5.14. The molecule has 0 bridgehead atoms. The third kappa shape index (κ3) is 5.90. The number of rotatable bonds is 6. The van der Waals surface area contributed by atoms with Gasteiger partial charge in [-0.15, -0.1) is 0 Å². The number of nitrogens with one attached hydrogen (secondary N) is 2. The van der Waals surface area contributed by atoms with E-state index in [1.165, 1.54) is 25.0 Å². The number of carbonyl (C=O) groups excluding carboxylic acids is 2. The van der Waals surface area contributed by atoms with E-state index in [1.807, 2.05) is 12.1 Å². The van der Waals surface area contributed by atoms with E-state index in [-0.39, 0.29) is 23.0 Å². The smallest absolute Gasteiger partial charge is 0.256 e. The molecule has 3 rings (SSSR count). The van der Waals surface area contributed by atoms with E-state index in [4.69, 9.17) is 11.6 Å². The number of nitrogens with zero attached hydrogens (tertiary/aromatic N) is 2. The topological polar surface area (TPSA) is 74.3 Å². The van der Waals surface area contributed by atoms with Crippen LogP contribution in [0.4, 0.5) is 10.2 Å². The summed E-state index contributed by atoms with van der Waals surface area (Å²) < 4.78 is 13.8. The van der Waals surface area contributed by atoms with Crippen LogP contribution in [0.3, 0.4) is 0 Å². The van der Waals surface area contributed by atoms with Crippen LogP contribution in [-0.4, -0.2) is 36.4 Å². The van der Waals surface area contributed by atoms with Crippen LogP contribution < -0.4 is 15.5 Å². The van der Waals surface area contributed by atoms with Crippen LogP contribution in [0.15, 0.2) is 36.5 Å². The summed E-state index contributed by atoms with van der Waals surface area (Å²) in [5, 5.41) is 5.14. The van der Waals surface area contributed by atoms with Crippen molar-refractivity contribution in [1.82, 2.24) is 15.6 Å². The van der Waals surface area contributed by atoms with E-state index in [0.29, 0.717) is 6.54 Å². The Labute approximate surface area is 174 Å². The lowest BCUT2D eigenvalue weighted by Gasteiger charge is -2.21. The molecule has 0 atom stereocenters. The lowest BCUT2D eigenvalue weighted by molar-refractivity contribution is -0.120. The Hall–Kier alpha value is -2.67. The van der Waals surface area contributed by atoms with E-state index in [1.54, 1.807) is 6.20 Å². The summed E-state index contributed by atoms with van der Waals surface area (Å²) in [6, 6.07) is 7.80. The Morgan fingerprint density at radius 3 is 2.59 bits per heavy atom. The molecular formula is C21H24ClFN4O2. The highest BCUT2D eigenvalue weighted by Crippen LogP contribution is 2.19. The maximum atomic E-state index is 13.8. The fraction of sp³-hybridized carbons (Fsp3) is 0.381. The minimum absolute atomic E-state index is 0.000681. The van der Waals surface area contributed by atoms with Crippen molar-refractivity contribution in [1.29, 1.82) is 0 Å². The van der Waals surface area contributed by atoms with Gasteiger partial charge in [0.15, 0.2) is 0 Å². The molecule has 29 heavy (non-hydrogen) atoms. The number of pyridine rings is 1. The molecule has 1 aliphatic heterocycles. The Bertz CT molecular complexity index is 849. The van der Waals surface area contributed by atoms with Crippen molar-refractivity contribution in [3.8, 4) is 0 Å². The van der Waals surface area contributed by atoms with Crippen molar-refractivity contribution < 1.29 is 14.0 Å². The molecule has 2 heterocycles. The fourth-order valence-electron chi connectivity index (χ4n) is 3.27. The number of aromatic nitrogens is 1. The van der Waals surface area contributed by atoms with Gasteiger partial charge in [0.1, 0.15) is 11.6 Å². The lowest BCUT2D eigenvalue weighted by Crippen LogP contribution is -2.37. The maximum Gasteiger partial charge on any atom is 0.256 e. The van der Waals surface area contributed by atoms with Crippen LogP contribution in [0, 0.1) is 5.82 Å². The van der Waals surface area contributed by atoms with Gasteiger partial charge in [0.05, 0.1) is 17.1 Å². The minimum Gasteiger partial charge on any atom is -0.357 e. The number of hydrogen-bond acceptors (Lipinski definition) is 4. The Kier molecular flexibility index (Phi) is 7.41. The normalized spacial score (nSPS) is 14.2. The molecule has 0 radical (unpaired) electrons. The minimum atomic E-state index is -0.728. The van der Waals surface area contributed by atoms with Gasteiger partial charge in [-0.2, -0.15) is 0 Å². The number of hydrogen-bond donors (Lipinski definition) is 2. The number of benzene rings is 1. The van der Waals surface area contributed by atoms with Crippen molar-refractivity contribution in [2.75, 3.05) is 24.5 Å². The molecule has 1 aliphatic rings. The molecule has 0 spiro atoms. The van der Waals surface area contributed by atoms with Crippen molar-refractivity contribution in [2.45, 2.75) is 32.2 Å². The maximum absolute atomic E-state index is 13.8. The van der Waals surface area contributed by atoms with E-state index in [0.717, 1.165) is 43.4 Å². The Morgan fingerprint density at radius 2 is 1.86 bits per heavy atom. The Balaban J connectivity index is 1.50. The van der Waals surface area contributed by atoms with E-state index in [9.17, 15) is 14.0 Å². The molecule has 2 amide bonds. The zero-order valence-electron chi connectivity index (χ0n) is 16.1. The predicted molar refractivity (Wildman–Crippen MR) is 111 cm³/mol. The van der Waals surface area contributed by atoms with Crippen LogP contribution in [0.5, 0.6) is 0 Å². The number of carbonyl (C=O) groups is 2. The number of anilines is 1. The zero-order chi connectivity index (χ0) is 20.6. The summed E-state index contributed by atoms with van der Waals surface area (Å²) in [5.41, 5.74) is 0.661. The van der Waals surface area contributed by atoms with Gasteiger partial charge in [-0.05, 0) is 42.7 Å². The highest BCUT2D eigenvalue weighted by atomic mass is 35.5. The van der Waals surface area contributed by atoms with Crippen LogP contribution in [0.2, 0.25) is 5.02 Å². The van der Waals surface area contributed by atoms with Gasteiger partial charge < -0.3 is 15.5 Å². The molecule has 0 saturated carbocycles. The Morgan fingerprint density at radius 1 is 1.10 bits per heavy atom. The summed E-state index contributed by atoms with van der Waals surface area (Å²) in [7, 11) is 0. The molecule has 1 aromatic heterocycles. The lowest BCUT2D eigenvalue weighted by atomic mass is 10.2. The first-order chi connectivity index (χ1) is 14.0. The summed E-state index contributed by atoms with van der Waals surface area (Å²) >= 11 is 5.86. The molecule has 8 heteroatoms. The molecule has 2 N–H and O–H groups in total. The second kappa shape index (κ2) is 10.2. The van der Waals surface area contributed by atoms with Crippen LogP contribution in [0.1, 0.15) is 41.6 Å². The molecule has 1 saturated heterocycles. The summed E-state index contributed by atoms with van der Waals surface area (Å²) in [6.07, 6.45) is 6.55. The van der Waals surface area contributed by atoms with Crippen LogP contribution in [0.25, 0.3) is 0 Å². The van der Waals surface area contributed by atoms with E-state index < -0.39 is 11.7 Å². The average molecular weight is 419 g/mol. The molecule has 1 fully saturated rings. The average Bonchev–Trinajstić information content (AvgIpc) is 3.00. The molecule has 154 valence electrons. The van der Waals surface area contributed by atoms with Crippen LogP contribution >= 0.6 is 11.6 Å². The van der Waals surface area contributed by atoms with E-state index in [2.05, 4.69) is 20.5 Å². The van der Waals surface area contributed by atoms with Gasteiger partial charge in [-0.1, -0.05) is 30.5 Å². The summed E-state index contributed by atoms with van der Waals surface area (Å²) in [6.45, 7) is 2.03. The van der Waals surface area contributed by atoms with E-state index >= 15 is 0 Å². The highest BCUT2D eigenvalue weighted by molar-refractivity contribution is 6.33. The summed E-state index contributed by atoms with van der Waals surface area (Å²) in [4.78, 5) is 30.9. The first-order valence-electron chi connectivity index (χ1n) is 9.73. The van der Waals surface area contributed by atoms with Crippen molar-refractivity contribution >= 4 is 29.2 Å². The fourth-order valence-corrected chi connectivity index (χ4v) is 3.52. The quantitative estimate of drug-likeness (QED) is 0.754. The SMILES string of the molecule is O=C(CNC(=O)c1c(F)cccc1Cl)NCc1ccnc(N2CCCCCC2)c1. The van der Waals surface area contributed by atoms with Gasteiger partial charge in [0.25, 0.3) is 5.91 Å². The van der Waals surface area contributed by atoms with Gasteiger partial charge in [-0.25, -0.2) is 9.37 Å². The highest BCUT2D eigenvalue weighted by Gasteiger charge is 2.16.